The molecule has 4 nitrogen and oxygen atoms in total. The minimum atomic E-state index is -0.0613. The molecule has 2 aliphatic rings. The van der Waals surface area contributed by atoms with E-state index < -0.39 is 0 Å². The van der Waals surface area contributed by atoms with Crippen molar-refractivity contribution in [1.29, 1.82) is 0 Å². The summed E-state index contributed by atoms with van der Waals surface area (Å²) in [5.41, 5.74) is 0. The first kappa shape index (κ1) is 10.5. The van der Waals surface area contributed by atoms with E-state index in [1.165, 1.54) is 4.90 Å². The number of imide groups is 1. The average Bonchev–Trinajstić information content (AvgIpc) is 2.77. The lowest BCUT2D eigenvalue weighted by Crippen LogP contribution is -2.39. The summed E-state index contributed by atoms with van der Waals surface area (Å²) in [5, 5.41) is 0. The summed E-state index contributed by atoms with van der Waals surface area (Å²) in [6.45, 7) is 3.02. The Labute approximate surface area is 90.2 Å². The second-order valence-corrected chi connectivity index (χ2v) is 4.41. The molecule has 4 heteroatoms. The Balaban J connectivity index is 2.05. The van der Waals surface area contributed by atoms with Crippen molar-refractivity contribution in [2.45, 2.75) is 45.1 Å². The molecule has 0 radical (unpaired) electrons. The van der Waals surface area contributed by atoms with Crippen LogP contribution in [0.5, 0.6) is 0 Å². The van der Waals surface area contributed by atoms with Gasteiger partial charge in [-0.15, -0.1) is 0 Å². The molecule has 1 saturated carbocycles. The maximum atomic E-state index is 11.9. The van der Waals surface area contributed by atoms with Crippen molar-refractivity contribution in [2.75, 3.05) is 13.1 Å². The van der Waals surface area contributed by atoms with Crippen LogP contribution in [0.2, 0.25) is 0 Å². The highest BCUT2D eigenvalue weighted by Gasteiger charge is 2.40. The number of carbonyl (C=O) groups excluding carboxylic acids is 2. The molecule has 1 heterocycles. The van der Waals surface area contributed by atoms with Crippen LogP contribution in [-0.2, 0) is 4.79 Å². The predicted octanol–water partition coefficient (Wildman–Crippen LogP) is 1.60. The molecule has 0 aromatic carbocycles. The minimum Gasteiger partial charge on any atom is -0.315 e. The quantitative estimate of drug-likeness (QED) is 0.664. The molecule has 0 atom stereocenters. The Morgan fingerprint density at radius 2 is 1.93 bits per heavy atom. The van der Waals surface area contributed by atoms with E-state index in [4.69, 9.17) is 0 Å². The molecule has 0 spiro atoms. The van der Waals surface area contributed by atoms with Gasteiger partial charge in [-0.25, -0.2) is 4.79 Å². The molecule has 3 amide bonds. The topological polar surface area (TPSA) is 40.6 Å². The Bertz CT molecular complexity index is 272. The number of amides is 3. The third-order valence-corrected chi connectivity index (χ3v) is 3.25. The number of hydrogen-bond acceptors (Lipinski definition) is 2. The fraction of sp³-hybridized carbons (Fsp3) is 0.818. The van der Waals surface area contributed by atoms with Crippen LogP contribution >= 0.6 is 0 Å². The molecule has 0 aromatic heterocycles. The van der Waals surface area contributed by atoms with Crippen LogP contribution in [0, 0.1) is 0 Å². The monoisotopic (exact) mass is 210 g/mol. The summed E-state index contributed by atoms with van der Waals surface area (Å²) in [5.74, 6) is 0.000324. The van der Waals surface area contributed by atoms with E-state index in [0.717, 1.165) is 32.1 Å². The van der Waals surface area contributed by atoms with E-state index in [1.807, 2.05) is 6.92 Å². The van der Waals surface area contributed by atoms with Gasteiger partial charge in [0, 0.05) is 12.6 Å². The molecule has 2 rings (SSSR count). The van der Waals surface area contributed by atoms with Crippen molar-refractivity contribution < 1.29 is 9.59 Å². The summed E-state index contributed by atoms with van der Waals surface area (Å²) in [6.07, 6.45) is 5.21. The molecule has 2 fully saturated rings. The van der Waals surface area contributed by atoms with Crippen LogP contribution in [0.15, 0.2) is 0 Å². The Hall–Kier alpha value is -1.06. The molecule has 0 bridgehead atoms. The molecular weight excluding hydrogens is 192 g/mol. The first-order valence-corrected chi connectivity index (χ1v) is 5.85. The lowest BCUT2D eigenvalue weighted by atomic mass is 10.2. The van der Waals surface area contributed by atoms with Gasteiger partial charge in [-0.05, 0) is 19.3 Å². The third kappa shape index (κ3) is 1.85. The Morgan fingerprint density at radius 3 is 2.53 bits per heavy atom. The summed E-state index contributed by atoms with van der Waals surface area (Å²) in [7, 11) is 0. The zero-order valence-corrected chi connectivity index (χ0v) is 9.24. The highest BCUT2D eigenvalue weighted by atomic mass is 16.2. The fourth-order valence-corrected chi connectivity index (χ4v) is 2.53. The second kappa shape index (κ2) is 4.21. The molecule has 0 aromatic rings. The van der Waals surface area contributed by atoms with Crippen LogP contribution in [0.25, 0.3) is 0 Å². The van der Waals surface area contributed by atoms with Gasteiger partial charge >= 0.3 is 6.03 Å². The molecular formula is C11H18N2O2. The van der Waals surface area contributed by atoms with Gasteiger partial charge in [0.15, 0.2) is 0 Å². The van der Waals surface area contributed by atoms with E-state index >= 15 is 0 Å². The molecule has 1 saturated heterocycles. The van der Waals surface area contributed by atoms with Gasteiger partial charge in [0.1, 0.15) is 6.54 Å². The second-order valence-electron chi connectivity index (χ2n) is 4.41. The standard InChI is InChI=1S/C11H18N2O2/c1-2-7-12-8-10(14)13(11(12)15)9-5-3-4-6-9/h9H,2-8H2,1H3. The number of rotatable bonds is 3. The molecule has 0 N–H and O–H groups in total. The van der Waals surface area contributed by atoms with Crippen LogP contribution in [0.4, 0.5) is 4.79 Å². The summed E-state index contributed by atoms with van der Waals surface area (Å²) >= 11 is 0. The number of carbonyl (C=O) groups is 2. The van der Waals surface area contributed by atoms with Gasteiger partial charge in [-0.3, -0.25) is 9.69 Å². The number of hydrogen-bond donors (Lipinski definition) is 0. The van der Waals surface area contributed by atoms with Crippen molar-refractivity contribution in [3.63, 3.8) is 0 Å². The van der Waals surface area contributed by atoms with Crippen molar-refractivity contribution in [1.82, 2.24) is 9.80 Å². The van der Waals surface area contributed by atoms with E-state index in [2.05, 4.69) is 0 Å². The SMILES string of the molecule is CCCN1CC(=O)N(C2CCCC2)C1=O. The molecule has 1 aliphatic carbocycles. The third-order valence-electron chi connectivity index (χ3n) is 3.25. The van der Waals surface area contributed by atoms with E-state index in [-0.39, 0.29) is 18.0 Å². The van der Waals surface area contributed by atoms with Gasteiger partial charge in [-0.1, -0.05) is 19.8 Å². The summed E-state index contributed by atoms with van der Waals surface area (Å²) in [4.78, 5) is 26.8. The Morgan fingerprint density at radius 1 is 1.27 bits per heavy atom. The average molecular weight is 210 g/mol. The highest BCUT2D eigenvalue weighted by Crippen LogP contribution is 2.27. The first-order chi connectivity index (χ1) is 7.24. The summed E-state index contributed by atoms with van der Waals surface area (Å²) < 4.78 is 0. The van der Waals surface area contributed by atoms with Crippen molar-refractivity contribution >= 4 is 11.9 Å². The zero-order valence-electron chi connectivity index (χ0n) is 9.24. The smallest absolute Gasteiger partial charge is 0.315 e. The number of nitrogens with zero attached hydrogens (tertiary/aromatic N) is 2. The Kier molecular flexibility index (Phi) is 2.93. The van der Waals surface area contributed by atoms with Gasteiger partial charge < -0.3 is 4.90 Å². The van der Waals surface area contributed by atoms with Gasteiger partial charge in [0.2, 0.25) is 0 Å². The lowest BCUT2D eigenvalue weighted by Gasteiger charge is -2.22. The van der Waals surface area contributed by atoms with E-state index in [0.29, 0.717) is 13.1 Å². The van der Waals surface area contributed by atoms with Crippen LogP contribution < -0.4 is 0 Å². The van der Waals surface area contributed by atoms with E-state index in [1.54, 1.807) is 4.90 Å². The molecule has 1 aliphatic heterocycles. The zero-order chi connectivity index (χ0) is 10.8. The molecule has 84 valence electrons. The van der Waals surface area contributed by atoms with Gasteiger partial charge in [-0.2, -0.15) is 0 Å². The van der Waals surface area contributed by atoms with E-state index in [9.17, 15) is 9.59 Å². The molecule has 15 heavy (non-hydrogen) atoms. The maximum Gasteiger partial charge on any atom is 0.327 e. The van der Waals surface area contributed by atoms with Crippen LogP contribution in [0.1, 0.15) is 39.0 Å². The van der Waals surface area contributed by atoms with Crippen molar-refractivity contribution in [2.24, 2.45) is 0 Å². The largest absolute Gasteiger partial charge is 0.327 e. The van der Waals surface area contributed by atoms with Crippen molar-refractivity contribution in [3.05, 3.63) is 0 Å². The van der Waals surface area contributed by atoms with Crippen molar-refractivity contribution in [3.8, 4) is 0 Å². The van der Waals surface area contributed by atoms with Gasteiger partial charge in [0.25, 0.3) is 5.91 Å². The van der Waals surface area contributed by atoms with Crippen LogP contribution in [-0.4, -0.2) is 40.9 Å². The predicted molar refractivity (Wildman–Crippen MR) is 56.4 cm³/mol. The first-order valence-electron chi connectivity index (χ1n) is 5.85. The van der Waals surface area contributed by atoms with Crippen LogP contribution in [0.3, 0.4) is 0 Å². The maximum absolute atomic E-state index is 11.9. The lowest BCUT2D eigenvalue weighted by molar-refractivity contribution is -0.126. The highest BCUT2D eigenvalue weighted by molar-refractivity contribution is 6.02. The van der Waals surface area contributed by atoms with Gasteiger partial charge in [0.05, 0.1) is 0 Å². The summed E-state index contributed by atoms with van der Waals surface area (Å²) in [6, 6.07) is 0.126. The number of urea groups is 1. The normalized spacial score (nSPS) is 23.3. The minimum absolute atomic E-state index is 0.000324. The fourth-order valence-electron chi connectivity index (χ4n) is 2.53. The molecule has 0 unspecified atom stereocenters.